The minimum atomic E-state index is -3.61. The predicted octanol–water partition coefficient (Wildman–Crippen LogP) is 1.03. The van der Waals surface area contributed by atoms with Crippen LogP contribution in [0.3, 0.4) is 0 Å². The van der Waals surface area contributed by atoms with Gasteiger partial charge in [0.15, 0.2) is 6.61 Å². The van der Waals surface area contributed by atoms with Gasteiger partial charge < -0.3 is 10.2 Å². The molecule has 0 saturated carbocycles. The van der Waals surface area contributed by atoms with Gasteiger partial charge in [-0.25, -0.2) is 12.7 Å². The maximum Gasteiger partial charge on any atom is 0.260 e. The molecule has 1 N–H and O–H groups in total. The SMILES string of the molecule is CC(CNC(=O)COn1nnc2ccc(S(=O)(=O)N(C)C)cc21)c1ccccc1. The quantitative estimate of drug-likeness (QED) is 0.587. The lowest BCUT2D eigenvalue weighted by atomic mass is 10.0. The van der Waals surface area contributed by atoms with Gasteiger partial charge in [0.1, 0.15) is 11.0 Å². The molecule has 3 aromatic rings. The van der Waals surface area contributed by atoms with Gasteiger partial charge >= 0.3 is 0 Å². The molecule has 0 saturated heterocycles. The van der Waals surface area contributed by atoms with Gasteiger partial charge in [0, 0.05) is 20.6 Å². The van der Waals surface area contributed by atoms with Crippen molar-refractivity contribution in [3.05, 3.63) is 54.1 Å². The van der Waals surface area contributed by atoms with Gasteiger partial charge in [-0.15, -0.1) is 5.10 Å². The first kappa shape index (κ1) is 20.7. The lowest BCUT2D eigenvalue weighted by Gasteiger charge is -2.13. The van der Waals surface area contributed by atoms with Crippen LogP contribution in [0.4, 0.5) is 0 Å². The Morgan fingerprint density at radius 2 is 1.93 bits per heavy atom. The molecule has 0 bridgehead atoms. The maximum absolute atomic E-state index is 12.3. The van der Waals surface area contributed by atoms with E-state index in [0.29, 0.717) is 17.6 Å². The van der Waals surface area contributed by atoms with E-state index in [1.807, 2.05) is 37.3 Å². The van der Waals surface area contributed by atoms with E-state index in [4.69, 9.17) is 4.84 Å². The van der Waals surface area contributed by atoms with Crippen LogP contribution in [0.25, 0.3) is 11.0 Å². The normalized spacial score (nSPS) is 12.8. The molecular formula is C19H23N5O4S. The number of benzene rings is 2. The van der Waals surface area contributed by atoms with Crippen molar-refractivity contribution in [2.45, 2.75) is 17.7 Å². The van der Waals surface area contributed by atoms with Gasteiger partial charge in [-0.2, -0.15) is 0 Å². The molecule has 1 unspecified atom stereocenters. The first-order valence-corrected chi connectivity index (χ1v) is 10.5. The number of carbonyl (C=O) groups excluding carboxylic acids is 1. The molecule has 2 aromatic carbocycles. The molecule has 29 heavy (non-hydrogen) atoms. The summed E-state index contributed by atoms with van der Waals surface area (Å²) in [5.41, 5.74) is 1.95. The fourth-order valence-corrected chi connectivity index (χ4v) is 3.60. The van der Waals surface area contributed by atoms with Crippen LogP contribution < -0.4 is 10.2 Å². The molecule has 1 aromatic heterocycles. The molecular weight excluding hydrogens is 394 g/mol. The van der Waals surface area contributed by atoms with E-state index in [9.17, 15) is 13.2 Å². The average molecular weight is 417 g/mol. The number of rotatable bonds is 8. The van der Waals surface area contributed by atoms with Crippen molar-refractivity contribution in [3.63, 3.8) is 0 Å². The summed E-state index contributed by atoms with van der Waals surface area (Å²) in [5.74, 6) is -0.153. The van der Waals surface area contributed by atoms with Gasteiger partial charge in [0.25, 0.3) is 5.91 Å². The summed E-state index contributed by atoms with van der Waals surface area (Å²) in [6, 6.07) is 14.3. The monoisotopic (exact) mass is 417 g/mol. The Hall–Kier alpha value is -2.98. The predicted molar refractivity (Wildman–Crippen MR) is 108 cm³/mol. The van der Waals surface area contributed by atoms with E-state index in [1.54, 1.807) is 6.07 Å². The molecule has 10 heteroatoms. The first-order chi connectivity index (χ1) is 13.8. The number of hydrogen-bond donors (Lipinski definition) is 1. The third kappa shape index (κ3) is 4.72. The summed E-state index contributed by atoms with van der Waals surface area (Å²) >= 11 is 0. The van der Waals surface area contributed by atoms with E-state index in [-0.39, 0.29) is 23.3 Å². The zero-order valence-electron chi connectivity index (χ0n) is 16.4. The Labute approximate surface area is 169 Å². The Kier molecular flexibility index (Phi) is 6.14. The van der Waals surface area contributed by atoms with Crippen LogP contribution in [-0.4, -0.2) is 61.0 Å². The Balaban J connectivity index is 1.63. The molecule has 0 aliphatic heterocycles. The number of aromatic nitrogens is 3. The van der Waals surface area contributed by atoms with Crippen LogP contribution >= 0.6 is 0 Å². The smallest absolute Gasteiger partial charge is 0.260 e. The molecule has 9 nitrogen and oxygen atoms in total. The van der Waals surface area contributed by atoms with Crippen LogP contribution in [0.15, 0.2) is 53.4 Å². The van der Waals surface area contributed by atoms with Gasteiger partial charge in [0.2, 0.25) is 10.0 Å². The highest BCUT2D eigenvalue weighted by Crippen LogP contribution is 2.19. The van der Waals surface area contributed by atoms with E-state index in [1.165, 1.54) is 26.2 Å². The average Bonchev–Trinajstić information content (AvgIpc) is 3.13. The summed E-state index contributed by atoms with van der Waals surface area (Å²) < 4.78 is 25.7. The minimum absolute atomic E-state index is 0.0864. The lowest BCUT2D eigenvalue weighted by molar-refractivity contribution is -0.126. The Morgan fingerprint density at radius 1 is 1.21 bits per heavy atom. The number of sulfonamides is 1. The highest BCUT2D eigenvalue weighted by atomic mass is 32.2. The molecule has 0 fully saturated rings. The molecule has 1 amide bonds. The van der Waals surface area contributed by atoms with Gasteiger partial charge in [0.05, 0.1) is 4.90 Å². The second kappa shape index (κ2) is 8.58. The molecule has 0 spiro atoms. The Bertz CT molecular complexity index is 1100. The van der Waals surface area contributed by atoms with Crippen LogP contribution in [0.2, 0.25) is 0 Å². The maximum atomic E-state index is 12.3. The largest absolute Gasteiger partial charge is 0.385 e. The summed E-state index contributed by atoms with van der Waals surface area (Å²) in [6.45, 7) is 2.22. The van der Waals surface area contributed by atoms with Crippen molar-refractivity contribution in [3.8, 4) is 0 Å². The highest BCUT2D eigenvalue weighted by molar-refractivity contribution is 7.89. The first-order valence-electron chi connectivity index (χ1n) is 9.02. The van der Waals surface area contributed by atoms with Gasteiger partial charge in [-0.05, 0) is 34.9 Å². The van der Waals surface area contributed by atoms with Crippen LogP contribution in [0.1, 0.15) is 18.4 Å². The molecule has 1 atom stereocenters. The van der Waals surface area contributed by atoms with Crippen molar-refractivity contribution in [1.29, 1.82) is 0 Å². The fourth-order valence-electron chi connectivity index (χ4n) is 2.68. The minimum Gasteiger partial charge on any atom is -0.385 e. The molecule has 0 aliphatic rings. The standard InChI is InChI=1S/C19H23N5O4S/c1-14(15-7-5-4-6-8-15)12-20-19(25)13-28-24-18-11-16(29(26,27)23(2)3)9-10-17(18)21-22-24/h4-11,14H,12-13H2,1-3H3,(H,20,25). The molecule has 0 radical (unpaired) electrons. The Morgan fingerprint density at radius 3 is 2.62 bits per heavy atom. The number of carbonyl (C=O) groups is 1. The fraction of sp³-hybridized carbons (Fsp3) is 0.316. The second-order valence-electron chi connectivity index (χ2n) is 6.79. The van der Waals surface area contributed by atoms with Gasteiger partial charge in [-0.3, -0.25) is 4.79 Å². The van der Waals surface area contributed by atoms with Crippen molar-refractivity contribution < 1.29 is 18.0 Å². The number of nitrogens with one attached hydrogen (secondary N) is 1. The van der Waals surface area contributed by atoms with Crippen LogP contribution in [0, 0.1) is 0 Å². The van der Waals surface area contributed by atoms with Crippen LogP contribution in [-0.2, 0) is 14.8 Å². The van der Waals surface area contributed by atoms with Crippen molar-refractivity contribution in [2.24, 2.45) is 0 Å². The molecule has 0 aliphatic carbocycles. The summed E-state index contributed by atoms with van der Waals surface area (Å²) in [6.07, 6.45) is 0. The number of hydrogen-bond acceptors (Lipinski definition) is 6. The van der Waals surface area contributed by atoms with E-state index >= 15 is 0 Å². The summed E-state index contributed by atoms with van der Waals surface area (Å²) in [4.78, 5) is 18.7. The lowest BCUT2D eigenvalue weighted by Crippen LogP contribution is -2.34. The van der Waals surface area contributed by atoms with Gasteiger partial charge in [-0.1, -0.05) is 42.1 Å². The summed E-state index contributed by atoms with van der Waals surface area (Å²) in [5, 5.41) is 10.6. The summed E-state index contributed by atoms with van der Waals surface area (Å²) in [7, 11) is -0.708. The third-order valence-electron chi connectivity index (χ3n) is 4.46. The third-order valence-corrected chi connectivity index (χ3v) is 6.27. The number of amides is 1. The van der Waals surface area contributed by atoms with E-state index < -0.39 is 10.0 Å². The van der Waals surface area contributed by atoms with E-state index in [0.717, 1.165) is 14.7 Å². The topological polar surface area (TPSA) is 106 Å². The number of nitrogens with zero attached hydrogens (tertiary/aromatic N) is 4. The second-order valence-corrected chi connectivity index (χ2v) is 8.94. The highest BCUT2D eigenvalue weighted by Gasteiger charge is 2.19. The van der Waals surface area contributed by atoms with Crippen LogP contribution in [0.5, 0.6) is 0 Å². The number of fused-ring (bicyclic) bond motifs is 1. The molecule has 1 heterocycles. The van der Waals surface area contributed by atoms with Crippen molar-refractivity contribution >= 4 is 27.0 Å². The van der Waals surface area contributed by atoms with Crippen molar-refractivity contribution in [1.82, 2.24) is 24.8 Å². The zero-order chi connectivity index (χ0) is 21.0. The van der Waals surface area contributed by atoms with E-state index in [2.05, 4.69) is 15.6 Å². The van der Waals surface area contributed by atoms with Crippen molar-refractivity contribution in [2.75, 3.05) is 27.2 Å². The molecule has 3 rings (SSSR count). The molecule has 154 valence electrons. The zero-order valence-corrected chi connectivity index (χ0v) is 17.3.